The maximum atomic E-state index is 13.0. The predicted molar refractivity (Wildman–Crippen MR) is 123 cm³/mol. The molecule has 168 valence electrons. The van der Waals surface area contributed by atoms with Gasteiger partial charge >= 0.3 is 0 Å². The molecule has 9 heteroatoms. The highest BCUT2D eigenvalue weighted by Crippen LogP contribution is 2.29. The van der Waals surface area contributed by atoms with E-state index in [1.165, 1.54) is 0 Å². The Bertz CT molecular complexity index is 1330. The molecule has 0 saturated carbocycles. The molecule has 0 radical (unpaired) electrons. The zero-order valence-electron chi connectivity index (χ0n) is 18.0. The molecule has 1 fully saturated rings. The number of hydrogen-bond donors (Lipinski definition) is 2. The lowest BCUT2D eigenvalue weighted by Gasteiger charge is -2.17. The van der Waals surface area contributed by atoms with Gasteiger partial charge in [-0.1, -0.05) is 35.5 Å². The van der Waals surface area contributed by atoms with Crippen LogP contribution in [-0.2, 0) is 11.3 Å². The van der Waals surface area contributed by atoms with Crippen molar-refractivity contribution < 1.29 is 14.7 Å². The number of benzene rings is 2. The highest BCUT2D eigenvalue weighted by atomic mass is 16.3. The average molecular weight is 444 g/mol. The van der Waals surface area contributed by atoms with Gasteiger partial charge in [0.15, 0.2) is 0 Å². The molecule has 0 bridgehead atoms. The van der Waals surface area contributed by atoms with Gasteiger partial charge in [-0.05, 0) is 30.7 Å². The van der Waals surface area contributed by atoms with E-state index in [-0.39, 0.29) is 37.4 Å². The van der Waals surface area contributed by atoms with Crippen molar-refractivity contribution in [3.8, 4) is 0 Å². The summed E-state index contributed by atoms with van der Waals surface area (Å²) in [6.45, 7) is 1.36. The van der Waals surface area contributed by atoms with Gasteiger partial charge in [-0.15, -0.1) is 5.10 Å². The van der Waals surface area contributed by atoms with Crippen molar-refractivity contribution >= 4 is 33.8 Å². The summed E-state index contributed by atoms with van der Waals surface area (Å²) in [5, 5.41) is 20.8. The predicted octanol–water partition coefficient (Wildman–Crippen LogP) is 1.72. The van der Waals surface area contributed by atoms with Gasteiger partial charge in [-0.25, -0.2) is 4.68 Å². The van der Waals surface area contributed by atoms with E-state index in [1.54, 1.807) is 4.68 Å². The number of aliphatic hydroxyl groups is 1. The quantitative estimate of drug-likeness (QED) is 0.468. The summed E-state index contributed by atoms with van der Waals surface area (Å²) in [5.74, 6) is -0.224. The molecule has 3 heterocycles. The Hall–Kier alpha value is -3.85. The van der Waals surface area contributed by atoms with Crippen LogP contribution in [0.3, 0.4) is 0 Å². The summed E-state index contributed by atoms with van der Waals surface area (Å²) in [6.07, 6.45) is 0.771. The molecule has 2 aromatic carbocycles. The van der Waals surface area contributed by atoms with Crippen LogP contribution >= 0.6 is 0 Å². The third-order valence-electron chi connectivity index (χ3n) is 6.04. The number of rotatable bonds is 6. The summed E-state index contributed by atoms with van der Waals surface area (Å²) < 4.78 is 1.63. The number of fused-ring (bicyclic) bond motifs is 2. The molecule has 1 aliphatic rings. The molecule has 1 atom stereocenters. The van der Waals surface area contributed by atoms with E-state index in [0.717, 1.165) is 34.1 Å². The van der Waals surface area contributed by atoms with Gasteiger partial charge in [0.1, 0.15) is 12.1 Å². The third kappa shape index (κ3) is 4.14. The fourth-order valence-corrected chi connectivity index (χ4v) is 4.35. The van der Waals surface area contributed by atoms with Crippen LogP contribution in [0.4, 0.5) is 0 Å². The largest absolute Gasteiger partial charge is 0.395 e. The van der Waals surface area contributed by atoms with Gasteiger partial charge in [0, 0.05) is 36.6 Å². The maximum absolute atomic E-state index is 13.0. The number of aromatic nitrogens is 4. The molecule has 5 rings (SSSR count). The molecular weight excluding hydrogens is 420 g/mol. The summed E-state index contributed by atoms with van der Waals surface area (Å²) in [6, 6.07) is 16.9. The SMILES string of the molecule is O=C(NCCO)c1cc(C2CCN(C(=O)Cn3nnc4ccccc43)C2)nc2ccccc12. The summed E-state index contributed by atoms with van der Waals surface area (Å²) in [4.78, 5) is 32.3. The van der Waals surface area contributed by atoms with Gasteiger partial charge in [0.25, 0.3) is 5.91 Å². The van der Waals surface area contributed by atoms with E-state index < -0.39 is 0 Å². The fourth-order valence-electron chi connectivity index (χ4n) is 4.35. The lowest BCUT2D eigenvalue weighted by Crippen LogP contribution is -2.32. The first kappa shape index (κ1) is 21.0. The Kier molecular flexibility index (Phi) is 5.70. The van der Waals surface area contributed by atoms with Gasteiger partial charge < -0.3 is 15.3 Å². The van der Waals surface area contributed by atoms with E-state index in [1.807, 2.05) is 59.5 Å². The number of pyridine rings is 1. The van der Waals surface area contributed by atoms with Crippen LogP contribution in [0.5, 0.6) is 0 Å². The van der Waals surface area contributed by atoms with Gasteiger partial charge in [-0.3, -0.25) is 14.6 Å². The summed E-state index contributed by atoms with van der Waals surface area (Å²) in [5.41, 5.74) is 3.66. The van der Waals surface area contributed by atoms with Crippen LogP contribution < -0.4 is 5.32 Å². The summed E-state index contributed by atoms with van der Waals surface area (Å²) in [7, 11) is 0. The second-order valence-electron chi connectivity index (χ2n) is 8.15. The van der Waals surface area contributed by atoms with Crippen molar-refractivity contribution in [3.63, 3.8) is 0 Å². The first-order chi connectivity index (χ1) is 16.1. The maximum Gasteiger partial charge on any atom is 0.252 e. The van der Waals surface area contributed by atoms with Crippen molar-refractivity contribution in [2.24, 2.45) is 0 Å². The Balaban J connectivity index is 1.35. The van der Waals surface area contributed by atoms with Crippen LogP contribution in [0.25, 0.3) is 21.9 Å². The van der Waals surface area contributed by atoms with Crippen LogP contribution in [0.2, 0.25) is 0 Å². The molecule has 1 unspecified atom stereocenters. The Morgan fingerprint density at radius 2 is 1.88 bits per heavy atom. The first-order valence-electron chi connectivity index (χ1n) is 11.0. The highest BCUT2D eigenvalue weighted by molar-refractivity contribution is 6.06. The molecule has 2 N–H and O–H groups in total. The van der Waals surface area contributed by atoms with Crippen LogP contribution in [0, 0.1) is 0 Å². The minimum absolute atomic E-state index is 0.0187. The number of amides is 2. The number of likely N-dealkylation sites (tertiary alicyclic amines) is 1. The number of nitrogens with zero attached hydrogens (tertiary/aromatic N) is 5. The Morgan fingerprint density at radius 3 is 2.73 bits per heavy atom. The van der Waals surface area contributed by atoms with Gasteiger partial charge in [-0.2, -0.15) is 0 Å². The van der Waals surface area contributed by atoms with Crippen LogP contribution in [0.15, 0.2) is 54.6 Å². The number of carbonyl (C=O) groups is 2. The molecule has 0 aliphatic carbocycles. The zero-order valence-corrected chi connectivity index (χ0v) is 18.0. The molecule has 1 aliphatic heterocycles. The second kappa shape index (κ2) is 8.95. The molecule has 2 aromatic heterocycles. The number of nitrogens with one attached hydrogen (secondary N) is 1. The normalized spacial score (nSPS) is 15.9. The molecule has 1 saturated heterocycles. The number of para-hydroxylation sites is 2. The topological polar surface area (TPSA) is 113 Å². The van der Waals surface area contributed by atoms with E-state index >= 15 is 0 Å². The number of carbonyl (C=O) groups excluding carboxylic acids is 2. The van der Waals surface area contributed by atoms with Crippen molar-refractivity contribution in [1.82, 2.24) is 30.2 Å². The van der Waals surface area contributed by atoms with E-state index in [0.29, 0.717) is 18.7 Å². The smallest absolute Gasteiger partial charge is 0.252 e. The van der Waals surface area contributed by atoms with Crippen molar-refractivity contribution in [3.05, 3.63) is 65.9 Å². The molecule has 0 spiro atoms. The van der Waals surface area contributed by atoms with Crippen molar-refractivity contribution in [2.75, 3.05) is 26.2 Å². The van der Waals surface area contributed by atoms with E-state index in [2.05, 4.69) is 15.6 Å². The second-order valence-corrected chi connectivity index (χ2v) is 8.15. The number of hydrogen-bond acceptors (Lipinski definition) is 6. The monoisotopic (exact) mass is 444 g/mol. The first-order valence-corrected chi connectivity index (χ1v) is 11.0. The van der Waals surface area contributed by atoms with Crippen molar-refractivity contribution in [2.45, 2.75) is 18.9 Å². The zero-order chi connectivity index (χ0) is 22.8. The molecule has 2 amide bonds. The van der Waals surface area contributed by atoms with E-state index in [9.17, 15) is 9.59 Å². The Labute approximate surface area is 190 Å². The van der Waals surface area contributed by atoms with Crippen LogP contribution in [-0.4, -0.2) is 68.0 Å². The number of aliphatic hydroxyl groups excluding tert-OH is 1. The highest BCUT2D eigenvalue weighted by Gasteiger charge is 2.29. The average Bonchev–Trinajstić information content (AvgIpc) is 3.50. The standard InChI is InChI=1S/C24H24N6O3/c31-12-10-25-24(33)18-13-21(26-19-6-2-1-5-17(18)19)16-9-11-29(14-16)23(32)15-30-22-8-4-3-7-20(22)27-28-30/h1-8,13,16,31H,9-12,14-15H2,(H,25,33). The fraction of sp³-hybridized carbons (Fsp3) is 0.292. The lowest BCUT2D eigenvalue weighted by atomic mass is 9.99. The van der Waals surface area contributed by atoms with Crippen LogP contribution in [0.1, 0.15) is 28.4 Å². The van der Waals surface area contributed by atoms with Gasteiger partial charge in [0.05, 0.1) is 23.2 Å². The summed E-state index contributed by atoms with van der Waals surface area (Å²) >= 11 is 0. The minimum atomic E-state index is -0.243. The minimum Gasteiger partial charge on any atom is -0.395 e. The molecule has 33 heavy (non-hydrogen) atoms. The van der Waals surface area contributed by atoms with Gasteiger partial charge in [0.2, 0.25) is 5.91 Å². The molecule has 4 aromatic rings. The third-order valence-corrected chi connectivity index (χ3v) is 6.04. The van der Waals surface area contributed by atoms with Crippen molar-refractivity contribution in [1.29, 1.82) is 0 Å². The molecule has 9 nitrogen and oxygen atoms in total. The Morgan fingerprint density at radius 1 is 1.09 bits per heavy atom. The van der Waals surface area contributed by atoms with E-state index in [4.69, 9.17) is 10.1 Å². The molecular formula is C24H24N6O3. The lowest BCUT2D eigenvalue weighted by molar-refractivity contribution is -0.130.